The van der Waals surface area contributed by atoms with E-state index in [2.05, 4.69) is 5.32 Å². The largest absolute Gasteiger partial charge is 0.469 e. The highest BCUT2D eigenvalue weighted by molar-refractivity contribution is 7.89. The summed E-state index contributed by atoms with van der Waals surface area (Å²) in [6, 6.07) is -0.268. The lowest BCUT2D eigenvalue weighted by atomic mass is 9.89. The number of ether oxygens (including phenoxy) is 1. The van der Waals surface area contributed by atoms with E-state index in [0.29, 0.717) is 25.8 Å². The first-order chi connectivity index (χ1) is 12.4. The summed E-state index contributed by atoms with van der Waals surface area (Å²) in [6.07, 6.45) is 5.31. The van der Waals surface area contributed by atoms with E-state index in [0.717, 1.165) is 25.7 Å². The van der Waals surface area contributed by atoms with Crippen molar-refractivity contribution in [1.82, 2.24) is 9.62 Å². The van der Waals surface area contributed by atoms with Crippen molar-refractivity contribution < 1.29 is 22.7 Å². The molecule has 0 bridgehead atoms. The number of carbonyl (C=O) groups is 2. The molecule has 2 aliphatic rings. The average molecular weight is 426 g/mol. The molecule has 0 aromatic heterocycles. The Labute approximate surface area is 168 Å². The fourth-order valence-corrected chi connectivity index (χ4v) is 6.47. The van der Waals surface area contributed by atoms with Gasteiger partial charge in [-0.05, 0) is 25.7 Å². The highest BCUT2D eigenvalue weighted by Crippen LogP contribution is 2.34. The van der Waals surface area contributed by atoms with E-state index >= 15 is 0 Å². The van der Waals surface area contributed by atoms with Gasteiger partial charge in [-0.1, -0.05) is 19.3 Å². The molecule has 2 rings (SSSR count). The van der Waals surface area contributed by atoms with Gasteiger partial charge >= 0.3 is 5.97 Å². The van der Waals surface area contributed by atoms with Crippen LogP contribution in [-0.4, -0.2) is 62.6 Å². The standard InChI is InChI=1S/C17H31N3O5S.ClH/c1-25-17(22)14-7-2-3-8-15(14)26(23,24)20-11-5-4-6-13(20)12-19-16(21)9-10-18;/h13-15H,2-12,18H2,1H3,(H,19,21);1H. The summed E-state index contributed by atoms with van der Waals surface area (Å²) in [5.41, 5.74) is 5.38. The second-order valence-electron chi connectivity index (χ2n) is 7.10. The molecular weight excluding hydrogens is 394 g/mol. The summed E-state index contributed by atoms with van der Waals surface area (Å²) in [4.78, 5) is 23.8. The molecule has 0 aromatic rings. The van der Waals surface area contributed by atoms with Crippen LogP contribution in [0.4, 0.5) is 0 Å². The molecule has 10 heteroatoms. The molecule has 8 nitrogen and oxygen atoms in total. The van der Waals surface area contributed by atoms with Crippen molar-refractivity contribution in [2.45, 2.75) is 62.7 Å². The molecule has 1 saturated carbocycles. The molecule has 1 saturated heterocycles. The molecule has 1 heterocycles. The van der Waals surface area contributed by atoms with Gasteiger partial charge in [0.2, 0.25) is 15.9 Å². The summed E-state index contributed by atoms with van der Waals surface area (Å²) in [5.74, 6) is -1.21. The first-order valence-electron chi connectivity index (χ1n) is 9.47. The van der Waals surface area contributed by atoms with Crippen LogP contribution in [0.5, 0.6) is 0 Å². The van der Waals surface area contributed by atoms with Gasteiger partial charge in [-0.2, -0.15) is 4.31 Å². The first-order valence-corrected chi connectivity index (χ1v) is 11.0. The fourth-order valence-electron chi connectivity index (χ4n) is 4.01. The van der Waals surface area contributed by atoms with Crippen molar-refractivity contribution in [1.29, 1.82) is 0 Å². The zero-order valence-corrected chi connectivity index (χ0v) is 17.5. The number of esters is 1. The van der Waals surface area contributed by atoms with Crippen molar-refractivity contribution in [3.8, 4) is 0 Å². The second kappa shape index (κ2) is 11.2. The third-order valence-electron chi connectivity index (χ3n) is 5.40. The maximum atomic E-state index is 13.3. The number of methoxy groups -OCH3 is 1. The Balaban J connectivity index is 0.00000364. The Hall–Kier alpha value is -0.900. The number of rotatable bonds is 7. The van der Waals surface area contributed by atoms with Crippen molar-refractivity contribution in [3.63, 3.8) is 0 Å². The predicted molar refractivity (Wildman–Crippen MR) is 105 cm³/mol. The Morgan fingerprint density at radius 1 is 1.15 bits per heavy atom. The molecule has 0 spiro atoms. The van der Waals surface area contributed by atoms with Gasteiger partial charge in [-0.3, -0.25) is 9.59 Å². The van der Waals surface area contributed by atoms with Gasteiger partial charge in [0.1, 0.15) is 0 Å². The van der Waals surface area contributed by atoms with Crippen molar-refractivity contribution in [3.05, 3.63) is 0 Å². The number of hydrogen-bond donors (Lipinski definition) is 2. The smallest absolute Gasteiger partial charge is 0.310 e. The molecule has 1 amide bonds. The van der Waals surface area contributed by atoms with Crippen LogP contribution in [0.1, 0.15) is 51.4 Å². The van der Waals surface area contributed by atoms with Gasteiger partial charge in [-0.25, -0.2) is 8.42 Å². The SMILES string of the molecule is COC(=O)C1CCCCC1S(=O)(=O)N1CCCCC1CNC(=O)CCN.Cl. The average Bonchev–Trinajstić information content (AvgIpc) is 2.66. The van der Waals surface area contributed by atoms with Gasteiger partial charge in [-0.15, -0.1) is 12.4 Å². The van der Waals surface area contributed by atoms with Crippen LogP contribution in [0.2, 0.25) is 0 Å². The van der Waals surface area contributed by atoms with Gasteiger partial charge < -0.3 is 15.8 Å². The maximum Gasteiger partial charge on any atom is 0.310 e. The molecule has 2 fully saturated rings. The lowest BCUT2D eigenvalue weighted by Crippen LogP contribution is -2.54. The van der Waals surface area contributed by atoms with Gasteiger partial charge in [0.05, 0.1) is 18.3 Å². The van der Waals surface area contributed by atoms with Crippen LogP contribution in [0.3, 0.4) is 0 Å². The normalized spacial score (nSPS) is 26.7. The van der Waals surface area contributed by atoms with Crippen molar-refractivity contribution >= 4 is 34.3 Å². The van der Waals surface area contributed by atoms with Crippen LogP contribution in [0.25, 0.3) is 0 Å². The number of halogens is 1. The lowest BCUT2D eigenvalue weighted by Gasteiger charge is -2.39. The minimum absolute atomic E-state index is 0. The van der Waals surface area contributed by atoms with E-state index in [1.165, 1.54) is 11.4 Å². The molecule has 1 aliphatic heterocycles. The van der Waals surface area contributed by atoms with E-state index in [-0.39, 0.29) is 43.9 Å². The highest BCUT2D eigenvalue weighted by atomic mass is 35.5. The number of nitrogens with zero attached hydrogens (tertiary/aromatic N) is 1. The summed E-state index contributed by atoms with van der Waals surface area (Å²) < 4.78 is 33.0. The van der Waals surface area contributed by atoms with E-state index in [1.807, 2.05) is 0 Å². The Morgan fingerprint density at radius 3 is 2.48 bits per heavy atom. The minimum Gasteiger partial charge on any atom is -0.469 e. The number of hydrogen-bond acceptors (Lipinski definition) is 6. The number of amides is 1. The Morgan fingerprint density at radius 2 is 1.81 bits per heavy atom. The van der Waals surface area contributed by atoms with E-state index in [9.17, 15) is 18.0 Å². The van der Waals surface area contributed by atoms with E-state index < -0.39 is 27.2 Å². The molecule has 0 aromatic carbocycles. The van der Waals surface area contributed by atoms with Crippen LogP contribution >= 0.6 is 12.4 Å². The quantitative estimate of drug-likeness (QED) is 0.582. The fraction of sp³-hybridized carbons (Fsp3) is 0.882. The minimum atomic E-state index is -3.64. The van der Waals surface area contributed by atoms with Gasteiger partial charge in [0.15, 0.2) is 0 Å². The van der Waals surface area contributed by atoms with Gasteiger partial charge in [0.25, 0.3) is 0 Å². The van der Waals surface area contributed by atoms with E-state index in [4.69, 9.17) is 10.5 Å². The maximum absolute atomic E-state index is 13.3. The zero-order chi connectivity index (χ0) is 19.2. The molecule has 1 aliphatic carbocycles. The summed E-state index contributed by atoms with van der Waals surface area (Å²) in [5, 5.41) is 2.05. The van der Waals surface area contributed by atoms with Crippen LogP contribution in [-0.2, 0) is 24.3 Å². The molecular formula is C17H32ClN3O5S. The number of carbonyl (C=O) groups excluding carboxylic acids is 2. The Kier molecular flexibility index (Phi) is 10.0. The third kappa shape index (κ3) is 6.04. The highest BCUT2D eigenvalue weighted by Gasteiger charge is 2.45. The third-order valence-corrected chi connectivity index (χ3v) is 7.86. The topological polar surface area (TPSA) is 119 Å². The lowest BCUT2D eigenvalue weighted by molar-refractivity contribution is -0.146. The summed E-state index contributed by atoms with van der Waals surface area (Å²) in [6.45, 7) is 0.985. The van der Waals surface area contributed by atoms with Crippen LogP contribution in [0.15, 0.2) is 0 Å². The zero-order valence-electron chi connectivity index (χ0n) is 15.9. The summed E-state index contributed by atoms with van der Waals surface area (Å²) in [7, 11) is -2.34. The molecule has 27 heavy (non-hydrogen) atoms. The molecule has 3 N–H and O–H groups in total. The molecule has 0 radical (unpaired) electrons. The first kappa shape index (κ1) is 24.1. The Bertz CT molecular complexity index is 601. The monoisotopic (exact) mass is 425 g/mol. The predicted octanol–water partition coefficient (Wildman–Crippen LogP) is 0.789. The van der Waals surface area contributed by atoms with Gasteiger partial charge in [0, 0.05) is 32.1 Å². The number of sulfonamides is 1. The van der Waals surface area contributed by atoms with Crippen LogP contribution in [0, 0.1) is 5.92 Å². The van der Waals surface area contributed by atoms with Crippen molar-refractivity contribution in [2.75, 3.05) is 26.7 Å². The summed E-state index contributed by atoms with van der Waals surface area (Å²) >= 11 is 0. The molecule has 3 atom stereocenters. The van der Waals surface area contributed by atoms with Crippen LogP contribution < -0.4 is 11.1 Å². The second-order valence-corrected chi connectivity index (χ2v) is 9.21. The van der Waals surface area contributed by atoms with Crippen molar-refractivity contribution in [2.24, 2.45) is 11.7 Å². The number of piperidine rings is 1. The molecule has 158 valence electrons. The molecule has 3 unspecified atom stereocenters. The number of nitrogens with two attached hydrogens (primary N) is 1. The van der Waals surface area contributed by atoms with E-state index in [1.54, 1.807) is 0 Å². The number of nitrogens with one attached hydrogen (secondary N) is 1.